The Balaban J connectivity index is 2.56. The van der Waals surface area contributed by atoms with E-state index in [4.69, 9.17) is 5.73 Å². The number of amides is 2. The molecule has 1 heterocycles. The Morgan fingerprint density at radius 3 is 2.89 bits per heavy atom. The van der Waals surface area contributed by atoms with E-state index in [1.54, 1.807) is 0 Å². The first-order valence-electron chi connectivity index (χ1n) is 2.40. The van der Waals surface area contributed by atoms with Crippen LogP contribution in [0.3, 0.4) is 0 Å². The molecule has 0 aromatic heterocycles. The highest BCUT2D eigenvalue weighted by atomic mass is 16.2. The quantitative estimate of drug-likeness (QED) is 0.496. The first-order chi connectivity index (χ1) is 4.30. The Kier molecular flexibility index (Phi) is 1.44. The van der Waals surface area contributed by atoms with Crippen molar-refractivity contribution in [3.05, 3.63) is 12.4 Å². The summed E-state index contributed by atoms with van der Waals surface area (Å²) in [5.41, 5.74) is 4.90. The van der Waals surface area contributed by atoms with Gasteiger partial charge >= 0.3 is 6.03 Å². The minimum Gasteiger partial charge on any atom is -0.351 e. The molecule has 0 aliphatic carbocycles. The van der Waals surface area contributed by atoms with E-state index >= 15 is 0 Å². The average Bonchev–Trinajstić information content (AvgIpc) is 1.90. The van der Waals surface area contributed by atoms with Gasteiger partial charge in [0.15, 0.2) is 0 Å². The average molecular weight is 126 g/mol. The summed E-state index contributed by atoms with van der Waals surface area (Å²) in [6.45, 7) is 0.228. The highest BCUT2D eigenvalue weighted by molar-refractivity contribution is 5.73. The zero-order valence-corrected chi connectivity index (χ0v) is 4.69. The van der Waals surface area contributed by atoms with Crippen LogP contribution in [0.2, 0.25) is 0 Å². The number of hydrogen-bond donors (Lipinski definition) is 1. The molecule has 0 unspecified atom stereocenters. The van der Waals surface area contributed by atoms with E-state index in [2.05, 4.69) is 10.2 Å². The van der Waals surface area contributed by atoms with Crippen LogP contribution in [0.15, 0.2) is 22.6 Å². The number of nitrogens with two attached hydrogens (primary N) is 1. The number of carbonyl (C=O) groups excluding carboxylic acids is 1. The third-order valence-corrected chi connectivity index (χ3v) is 0.894. The molecule has 0 saturated carbocycles. The minimum absolute atomic E-state index is 0.228. The molecule has 0 fully saturated rings. The van der Waals surface area contributed by atoms with Gasteiger partial charge in [-0.05, 0) is 0 Å². The van der Waals surface area contributed by atoms with Crippen LogP contribution in [0.5, 0.6) is 0 Å². The molecular formula is C4H6N4O. The summed E-state index contributed by atoms with van der Waals surface area (Å²) in [7, 11) is 0. The van der Waals surface area contributed by atoms with Crippen molar-refractivity contribution in [2.75, 3.05) is 6.67 Å². The van der Waals surface area contributed by atoms with Crippen LogP contribution in [0.25, 0.3) is 0 Å². The number of carbonyl (C=O) groups is 1. The number of rotatable bonds is 0. The second kappa shape index (κ2) is 2.25. The van der Waals surface area contributed by atoms with Gasteiger partial charge in [0.1, 0.15) is 6.67 Å². The first kappa shape index (κ1) is 5.74. The zero-order valence-electron chi connectivity index (χ0n) is 4.69. The van der Waals surface area contributed by atoms with Gasteiger partial charge in [0.2, 0.25) is 0 Å². The van der Waals surface area contributed by atoms with Crippen LogP contribution in [0.4, 0.5) is 4.79 Å². The van der Waals surface area contributed by atoms with Gasteiger partial charge in [-0.1, -0.05) is 0 Å². The number of primary amides is 1. The summed E-state index contributed by atoms with van der Waals surface area (Å²) in [5, 5.41) is 7.05. The molecule has 0 aromatic rings. The lowest BCUT2D eigenvalue weighted by atomic mass is 10.7. The molecular weight excluding hydrogens is 120 g/mol. The van der Waals surface area contributed by atoms with Gasteiger partial charge in [0.05, 0.1) is 6.20 Å². The molecule has 1 aliphatic rings. The summed E-state index contributed by atoms with van der Waals surface area (Å²) in [6, 6.07) is -0.509. The van der Waals surface area contributed by atoms with Crippen LogP contribution < -0.4 is 5.73 Å². The van der Waals surface area contributed by atoms with E-state index in [1.807, 2.05) is 0 Å². The van der Waals surface area contributed by atoms with E-state index in [0.29, 0.717) is 0 Å². The molecule has 1 rings (SSSR count). The summed E-state index contributed by atoms with van der Waals surface area (Å²) in [4.78, 5) is 11.6. The Labute approximate surface area is 51.8 Å². The molecule has 2 amide bonds. The summed E-state index contributed by atoms with van der Waals surface area (Å²) >= 11 is 0. The molecule has 9 heavy (non-hydrogen) atoms. The predicted molar refractivity (Wildman–Crippen MR) is 30.3 cm³/mol. The van der Waals surface area contributed by atoms with E-state index in [1.165, 1.54) is 17.3 Å². The third-order valence-electron chi connectivity index (χ3n) is 0.894. The maximum absolute atomic E-state index is 10.3. The normalized spacial score (nSPS) is 16.2. The standard InChI is InChI=1S/C4H6N4O/c5-4(9)8-2-1-6-7-3-8/h1-2H,3H2,(H2,5,9). The smallest absolute Gasteiger partial charge is 0.320 e. The number of azo groups is 1. The van der Waals surface area contributed by atoms with Crippen molar-refractivity contribution >= 4 is 6.03 Å². The molecule has 0 spiro atoms. The highest BCUT2D eigenvalue weighted by Crippen LogP contribution is 1.96. The summed E-state index contributed by atoms with van der Waals surface area (Å²) in [6.07, 6.45) is 2.89. The van der Waals surface area contributed by atoms with Crippen molar-refractivity contribution < 1.29 is 4.79 Å². The largest absolute Gasteiger partial charge is 0.351 e. The van der Waals surface area contributed by atoms with Gasteiger partial charge < -0.3 is 5.73 Å². The van der Waals surface area contributed by atoms with Gasteiger partial charge in [-0.15, -0.1) is 0 Å². The van der Waals surface area contributed by atoms with Gasteiger partial charge in [0, 0.05) is 6.20 Å². The van der Waals surface area contributed by atoms with Crippen molar-refractivity contribution in [2.24, 2.45) is 16.0 Å². The maximum atomic E-state index is 10.3. The number of nitrogens with zero attached hydrogens (tertiary/aromatic N) is 3. The Morgan fingerprint density at radius 2 is 2.56 bits per heavy atom. The van der Waals surface area contributed by atoms with Crippen LogP contribution in [-0.2, 0) is 0 Å². The second-order valence-electron chi connectivity index (χ2n) is 1.50. The van der Waals surface area contributed by atoms with Crippen molar-refractivity contribution in [2.45, 2.75) is 0 Å². The molecule has 5 nitrogen and oxygen atoms in total. The SMILES string of the molecule is NC(=O)N1C=CN=NC1. The van der Waals surface area contributed by atoms with Crippen LogP contribution >= 0.6 is 0 Å². The Bertz CT molecular complexity index is 173. The van der Waals surface area contributed by atoms with Crippen LogP contribution in [0, 0.1) is 0 Å². The molecule has 5 heteroatoms. The summed E-state index contributed by atoms with van der Waals surface area (Å²) < 4.78 is 0. The lowest BCUT2D eigenvalue weighted by molar-refractivity contribution is 0.224. The third kappa shape index (κ3) is 1.25. The van der Waals surface area contributed by atoms with E-state index < -0.39 is 6.03 Å². The number of urea groups is 1. The lowest BCUT2D eigenvalue weighted by Crippen LogP contribution is -2.31. The van der Waals surface area contributed by atoms with Gasteiger partial charge in [-0.25, -0.2) is 4.79 Å². The molecule has 2 N–H and O–H groups in total. The second-order valence-corrected chi connectivity index (χ2v) is 1.50. The van der Waals surface area contributed by atoms with Gasteiger partial charge in [-0.2, -0.15) is 10.2 Å². The summed E-state index contributed by atoms with van der Waals surface area (Å²) in [5.74, 6) is 0. The maximum Gasteiger partial charge on any atom is 0.320 e. The van der Waals surface area contributed by atoms with Gasteiger partial charge in [0.25, 0.3) is 0 Å². The van der Waals surface area contributed by atoms with E-state index in [-0.39, 0.29) is 6.67 Å². The van der Waals surface area contributed by atoms with Gasteiger partial charge in [-0.3, -0.25) is 4.90 Å². The molecule has 48 valence electrons. The number of hydrogen-bond acceptors (Lipinski definition) is 3. The van der Waals surface area contributed by atoms with Crippen molar-refractivity contribution in [3.8, 4) is 0 Å². The van der Waals surface area contributed by atoms with E-state index in [0.717, 1.165) is 0 Å². The van der Waals surface area contributed by atoms with E-state index in [9.17, 15) is 4.79 Å². The minimum atomic E-state index is -0.509. The molecule has 1 aliphatic heterocycles. The highest BCUT2D eigenvalue weighted by Gasteiger charge is 2.05. The van der Waals surface area contributed by atoms with Crippen molar-refractivity contribution in [3.63, 3.8) is 0 Å². The predicted octanol–water partition coefficient (Wildman–Crippen LogP) is 0.262. The monoisotopic (exact) mass is 126 g/mol. The molecule has 0 saturated heterocycles. The molecule has 0 radical (unpaired) electrons. The fraction of sp³-hybridized carbons (Fsp3) is 0.250. The van der Waals surface area contributed by atoms with Crippen molar-refractivity contribution in [1.82, 2.24) is 4.90 Å². The van der Waals surface area contributed by atoms with Crippen LogP contribution in [0.1, 0.15) is 0 Å². The Hall–Kier alpha value is -1.39. The van der Waals surface area contributed by atoms with Crippen LogP contribution in [-0.4, -0.2) is 17.6 Å². The molecule has 0 bridgehead atoms. The van der Waals surface area contributed by atoms with Crippen molar-refractivity contribution in [1.29, 1.82) is 0 Å². The molecule has 0 aromatic carbocycles. The fourth-order valence-electron chi connectivity index (χ4n) is 0.452. The zero-order chi connectivity index (χ0) is 6.69. The fourth-order valence-corrected chi connectivity index (χ4v) is 0.452. The lowest BCUT2D eigenvalue weighted by Gasteiger charge is -2.12. The Morgan fingerprint density at radius 1 is 1.78 bits per heavy atom. The first-order valence-corrected chi connectivity index (χ1v) is 2.40. The topological polar surface area (TPSA) is 71.1 Å². The molecule has 0 atom stereocenters.